The number of nitrogens with one attached hydrogen (secondary N) is 2. The lowest BCUT2D eigenvalue weighted by atomic mass is 10.2. The van der Waals surface area contributed by atoms with Crippen LogP contribution in [-0.2, 0) is 0 Å². The number of hydrogen-bond donors (Lipinski definition) is 2. The van der Waals surface area contributed by atoms with Crippen molar-refractivity contribution < 1.29 is 18.0 Å². The van der Waals surface area contributed by atoms with E-state index in [1.54, 1.807) is 13.8 Å². The molecule has 1 aliphatic rings. The van der Waals surface area contributed by atoms with Crippen molar-refractivity contribution in [3.8, 4) is 0 Å². The highest BCUT2D eigenvalue weighted by molar-refractivity contribution is 6.00. The maximum atomic E-state index is 13.7. The molecule has 1 fully saturated rings. The monoisotopic (exact) mass is 394 g/mol. The van der Waals surface area contributed by atoms with Crippen LogP contribution in [0.3, 0.4) is 0 Å². The standard InChI is InChI=1S/C18H21F3N6O/c1-10-16(11(2)23-17(22-10)27-8-6-26(3)7-9-27)25-18(28)24-13-5-4-12(19)14(20)15(13)21/h4-5H,6-9H2,1-3H3,(H2,24,25,28). The number of amides is 2. The first-order chi connectivity index (χ1) is 13.3. The number of urea groups is 1. The highest BCUT2D eigenvalue weighted by Crippen LogP contribution is 2.23. The van der Waals surface area contributed by atoms with Crippen molar-refractivity contribution in [3.63, 3.8) is 0 Å². The number of anilines is 3. The van der Waals surface area contributed by atoms with E-state index in [9.17, 15) is 18.0 Å². The van der Waals surface area contributed by atoms with Crippen LogP contribution in [0, 0.1) is 31.3 Å². The summed E-state index contributed by atoms with van der Waals surface area (Å²) >= 11 is 0. The molecule has 0 saturated carbocycles. The summed E-state index contributed by atoms with van der Waals surface area (Å²) in [6.07, 6.45) is 0. The molecule has 0 bridgehead atoms. The van der Waals surface area contributed by atoms with E-state index in [1.165, 1.54) is 0 Å². The number of likely N-dealkylation sites (N-methyl/N-ethyl adjacent to an activating group) is 1. The average Bonchev–Trinajstić information content (AvgIpc) is 2.65. The maximum Gasteiger partial charge on any atom is 0.323 e. The van der Waals surface area contributed by atoms with Crippen LogP contribution in [0.15, 0.2) is 12.1 Å². The van der Waals surface area contributed by atoms with Gasteiger partial charge in [0, 0.05) is 26.2 Å². The van der Waals surface area contributed by atoms with E-state index in [1.807, 2.05) is 0 Å². The molecule has 150 valence electrons. The molecule has 7 nitrogen and oxygen atoms in total. The third-order valence-corrected chi connectivity index (χ3v) is 4.57. The molecule has 1 aliphatic heterocycles. The molecule has 2 amide bonds. The number of piperazine rings is 1. The van der Waals surface area contributed by atoms with E-state index in [0.717, 1.165) is 38.3 Å². The zero-order valence-electron chi connectivity index (χ0n) is 15.8. The Morgan fingerprint density at radius 2 is 1.57 bits per heavy atom. The fraction of sp³-hybridized carbons (Fsp3) is 0.389. The average molecular weight is 394 g/mol. The minimum Gasteiger partial charge on any atom is -0.338 e. The Hall–Kier alpha value is -2.88. The number of rotatable bonds is 3. The molecule has 10 heteroatoms. The van der Waals surface area contributed by atoms with Gasteiger partial charge >= 0.3 is 6.03 Å². The van der Waals surface area contributed by atoms with Crippen LogP contribution in [-0.4, -0.2) is 54.1 Å². The molecule has 2 aromatic rings. The molecule has 0 aliphatic carbocycles. The summed E-state index contributed by atoms with van der Waals surface area (Å²) < 4.78 is 40.0. The van der Waals surface area contributed by atoms with Gasteiger partial charge in [-0.2, -0.15) is 0 Å². The van der Waals surface area contributed by atoms with Gasteiger partial charge in [-0.1, -0.05) is 0 Å². The van der Waals surface area contributed by atoms with Gasteiger partial charge in [0.25, 0.3) is 0 Å². The molecule has 0 radical (unpaired) electrons. The molecule has 28 heavy (non-hydrogen) atoms. The summed E-state index contributed by atoms with van der Waals surface area (Å²) in [6.45, 7) is 6.87. The second-order valence-corrected chi connectivity index (χ2v) is 6.66. The zero-order chi connectivity index (χ0) is 20.4. The maximum absolute atomic E-state index is 13.7. The molecule has 0 unspecified atom stereocenters. The minimum absolute atomic E-state index is 0.373. The Morgan fingerprint density at radius 1 is 0.964 bits per heavy atom. The van der Waals surface area contributed by atoms with Crippen molar-refractivity contribution in [1.29, 1.82) is 0 Å². The van der Waals surface area contributed by atoms with Crippen LogP contribution in [0.25, 0.3) is 0 Å². The predicted octanol–water partition coefficient (Wildman–Crippen LogP) is 2.91. The Bertz CT molecular complexity index is 876. The molecule has 1 aromatic heterocycles. The first-order valence-electron chi connectivity index (χ1n) is 8.76. The first kappa shape index (κ1) is 19.9. The highest BCUT2D eigenvalue weighted by atomic mass is 19.2. The van der Waals surface area contributed by atoms with E-state index in [2.05, 4.69) is 37.4 Å². The quantitative estimate of drug-likeness (QED) is 0.784. The van der Waals surface area contributed by atoms with Gasteiger partial charge in [0.05, 0.1) is 22.8 Å². The Morgan fingerprint density at radius 3 is 2.18 bits per heavy atom. The SMILES string of the molecule is Cc1nc(N2CCN(C)CC2)nc(C)c1NC(=O)Nc1ccc(F)c(F)c1F. The van der Waals surface area contributed by atoms with E-state index in [4.69, 9.17) is 0 Å². The number of aryl methyl sites for hydroxylation is 2. The van der Waals surface area contributed by atoms with E-state index < -0.39 is 29.2 Å². The molecule has 1 aromatic carbocycles. The number of halogens is 3. The normalized spacial score (nSPS) is 14.9. The van der Waals surface area contributed by atoms with Crippen LogP contribution in [0.5, 0.6) is 0 Å². The largest absolute Gasteiger partial charge is 0.338 e. The smallest absolute Gasteiger partial charge is 0.323 e. The van der Waals surface area contributed by atoms with Gasteiger partial charge in [0.1, 0.15) is 0 Å². The molecule has 3 rings (SSSR count). The fourth-order valence-electron chi connectivity index (χ4n) is 2.92. The second kappa shape index (κ2) is 8.01. The molecule has 0 spiro atoms. The van der Waals surface area contributed by atoms with Gasteiger partial charge in [-0.15, -0.1) is 0 Å². The van der Waals surface area contributed by atoms with Crippen molar-refractivity contribution in [2.75, 3.05) is 48.8 Å². The van der Waals surface area contributed by atoms with Crippen molar-refractivity contribution in [1.82, 2.24) is 14.9 Å². The number of carbonyl (C=O) groups excluding carboxylic acids is 1. The van der Waals surface area contributed by atoms with Crippen LogP contribution >= 0.6 is 0 Å². The molecule has 0 atom stereocenters. The number of nitrogens with zero attached hydrogens (tertiary/aromatic N) is 4. The molecule has 2 N–H and O–H groups in total. The number of benzene rings is 1. The predicted molar refractivity (Wildman–Crippen MR) is 100 cm³/mol. The van der Waals surface area contributed by atoms with Crippen molar-refractivity contribution >= 4 is 23.4 Å². The summed E-state index contributed by atoms with van der Waals surface area (Å²) in [5, 5.41) is 4.70. The lowest BCUT2D eigenvalue weighted by molar-refractivity contribution is 0.262. The van der Waals surface area contributed by atoms with E-state index in [-0.39, 0.29) is 0 Å². The lowest BCUT2D eigenvalue weighted by Crippen LogP contribution is -2.45. The second-order valence-electron chi connectivity index (χ2n) is 6.66. The Labute approximate surface area is 160 Å². The van der Waals surface area contributed by atoms with Crippen LogP contribution < -0.4 is 15.5 Å². The first-order valence-corrected chi connectivity index (χ1v) is 8.76. The van der Waals surface area contributed by atoms with E-state index >= 15 is 0 Å². The highest BCUT2D eigenvalue weighted by Gasteiger charge is 2.20. The lowest BCUT2D eigenvalue weighted by Gasteiger charge is -2.32. The van der Waals surface area contributed by atoms with Crippen LogP contribution in [0.1, 0.15) is 11.4 Å². The molecular formula is C18H21F3N6O. The molecular weight excluding hydrogens is 373 g/mol. The van der Waals surface area contributed by atoms with Gasteiger partial charge < -0.3 is 20.4 Å². The van der Waals surface area contributed by atoms with Crippen LogP contribution in [0.4, 0.5) is 35.3 Å². The van der Waals surface area contributed by atoms with Crippen LogP contribution in [0.2, 0.25) is 0 Å². The van der Waals surface area contributed by atoms with Crippen molar-refractivity contribution in [2.24, 2.45) is 0 Å². The van der Waals surface area contributed by atoms with Crippen molar-refractivity contribution in [2.45, 2.75) is 13.8 Å². The Balaban J connectivity index is 1.73. The van der Waals surface area contributed by atoms with Gasteiger partial charge in [-0.3, -0.25) is 0 Å². The topological polar surface area (TPSA) is 73.4 Å². The van der Waals surface area contributed by atoms with Gasteiger partial charge in [-0.25, -0.2) is 27.9 Å². The summed E-state index contributed by atoms with van der Waals surface area (Å²) in [7, 11) is 2.05. The number of aromatic nitrogens is 2. The fourth-order valence-corrected chi connectivity index (χ4v) is 2.92. The van der Waals surface area contributed by atoms with Crippen molar-refractivity contribution in [3.05, 3.63) is 41.0 Å². The third-order valence-electron chi connectivity index (χ3n) is 4.57. The van der Waals surface area contributed by atoms with Gasteiger partial charge in [0.15, 0.2) is 17.5 Å². The molecule has 2 heterocycles. The Kier molecular flexibility index (Phi) is 5.68. The number of hydrogen-bond acceptors (Lipinski definition) is 5. The zero-order valence-corrected chi connectivity index (χ0v) is 15.8. The minimum atomic E-state index is -1.65. The summed E-state index contributed by atoms with van der Waals surface area (Å²) in [6, 6.07) is 0.866. The molecule has 1 saturated heterocycles. The third kappa shape index (κ3) is 4.16. The summed E-state index contributed by atoms with van der Waals surface area (Å²) in [5.74, 6) is -3.86. The summed E-state index contributed by atoms with van der Waals surface area (Å²) in [4.78, 5) is 25.4. The van der Waals surface area contributed by atoms with Gasteiger partial charge in [0.2, 0.25) is 5.95 Å². The van der Waals surface area contributed by atoms with Gasteiger partial charge in [-0.05, 0) is 33.0 Å². The number of carbonyl (C=O) groups is 1. The summed E-state index contributed by atoms with van der Waals surface area (Å²) in [5.41, 5.74) is 0.990. The van der Waals surface area contributed by atoms with E-state index in [0.29, 0.717) is 23.0 Å².